The van der Waals surface area contributed by atoms with Gasteiger partial charge in [-0.25, -0.2) is 4.98 Å². The minimum Gasteiger partial charge on any atom is -0.345 e. The predicted octanol–water partition coefficient (Wildman–Crippen LogP) is 1.56. The molecule has 0 aliphatic rings. The summed E-state index contributed by atoms with van der Waals surface area (Å²) in [4.78, 5) is 6.95. The summed E-state index contributed by atoms with van der Waals surface area (Å²) in [5, 5.41) is 0. The van der Waals surface area contributed by atoms with Crippen LogP contribution in [0.1, 0.15) is 1.37 Å². The Morgan fingerprint density at radius 2 is 2.56 bits per heavy atom. The van der Waals surface area contributed by atoms with Crippen LogP contribution in [0.2, 0.25) is 0 Å². The van der Waals surface area contributed by atoms with E-state index in [1.165, 1.54) is 0 Å². The van der Waals surface area contributed by atoms with Crippen LogP contribution in [0.4, 0.5) is 0 Å². The third kappa shape index (κ3) is 0.598. The van der Waals surface area contributed by atoms with E-state index in [1.54, 1.807) is 18.5 Å². The first-order valence-electron chi connectivity index (χ1n) is 3.26. The number of hydrogen-bond acceptors (Lipinski definition) is 1. The summed E-state index contributed by atoms with van der Waals surface area (Å²) in [5.41, 5.74) is 1.84. The molecule has 2 aromatic rings. The number of benzene rings is 1. The number of para-hydroxylation sites is 2. The van der Waals surface area contributed by atoms with Gasteiger partial charge in [-0.2, -0.15) is 0 Å². The lowest BCUT2D eigenvalue weighted by Gasteiger charge is -1.81. The van der Waals surface area contributed by atoms with Crippen molar-refractivity contribution in [2.45, 2.75) is 0 Å². The van der Waals surface area contributed by atoms with Crippen LogP contribution in [0.15, 0.2) is 30.6 Å². The molecule has 0 aliphatic heterocycles. The van der Waals surface area contributed by atoms with Gasteiger partial charge < -0.3 is 4.98 Å². The number of rotatable bonds is 0. The van der Waals surface area contributed by atoms with Crippen LogP contribution in [0.5, 0.6) is 0 Å². The van der Waals surface area contributed by atoms with E-state index in [0.29, 0.717) is 6.04 Å². The number of nitrogens with one attached hydrogen (secondary N) is 1. The molecule has 1 aromatic carbocycles. The highest BCUT2D eigenvalue weighted by molar-refractivity contribution is 5.73. The van der Waals surface area contributed by atoms with Gasteiger partial charge in [-0.05, 0) is 12.1 Å². The SMILES string of the molecule is [2H]c1ccc2nc[nH]c2c1. The highest BCUT2D eigenvalue weighted by Crippen LogP contribution is 2.05. The van der Waals surface area contributed by atoms with Crippen LogP contribution in [0.25, 0.3) is 11.0 Å². The number of hydrogen-bond donors (Lipinski definition) is 1. The smallest absolute Gasteiger partial charge is 0.0931 e. The third-order valence-corrected chi connectivity index (χ3v) is 1.26. The standard InChI is InChI=1S/C7H6N2/c1-2-4-7-6(3-1)8-5-9-7/h1-5H,(H,8,9)/i1D. The monoisotopic (exact) mass is 119 g/mol. The molecule has 1 heterocycles. The molecule has 9 heavy (non-hydrogen) atoms. The van der Waals surface area contributed by atoms with E-state index in [9.17, 15) is 0 Å². The number of imidazole rings is 1. The van der Waals surface area contributed by atoms with Gasteiger partial charge >= 0.3 is 0 Å². The van der Waals surface area contributed by atoms with Crippen LogP contribution in [0, 0.1) is 0 Å². The number of H-pyrrole nitrogens is 1. The average Bonchev–Trinajstić information content (AvgIpc) is 2.33. The van der Waals surface area contributed by atoms with Crippen molar-refractivity contribution in [2.75, 3.05) is 0 Å². The van der Waals surface area contributed by atoms with Crippen molar-refractivity contribution in [1.82, 2.24) is 9.97 Å². The molecule has 0 spiro atoms. The number of aromatic amines is 1. The average molecular weight is 119 g/mol. The molecule has 0 aliphatic carbocycles. The van der Waals surface area contributed by atoms with E-state index >= 15 is 0 Å². The number of nitrogens with zero attached hydrogens (tertiary/aromatic N) is 1. The largest absolute Gasteiger partial charge is 0.345 e. The molecular formula is C7H6N2. The molecule has 0 amide bonds. The summed E-state index contributed by atoms with van der Waals surface area (Å²) < 4.78 is 7.27. The Balaban J connectivity index is 2.86. The summed E-state index contributed by atoms with van der Waals surface area (Å²) in [6, 6.07) is 5.82. The topological polar surface area (TPSA) is 28.7 Å². The van der Waals surface area contributed by atoms with E-state index < -0.39 is 0 Å². The third-order valence-electron chi connectivity index (χ3n) is 1.26. The van der Waals surface area contributed by atoms with Crippen LogP contribution in [0.3, 0.4) is 0 Å². The molecule has 2 heteroatoms. The molecule has 0 atom stereocenters. The van der Waals surface area contributed by atoms with Crippen LogP contribution < -0.4 is 0 Å². The molecule has 0 saturated heterocycles. The highest BCUT2D eigenvalue weighted by atomic mass is 14.9. The molecule has 2 nitrogen and oxygen atoms in total. The molecule has 1 N–H and O–H groups in total. The van der Waals surface area contributed by atoms with Gasteiger partial charge in [0, 0.05) is 0 Å². The summed E-state index contributed by atoms with van der Waals surface area (Å²) in [5.74, 6) is 0. The first-order chi connectivity index (χ1) is 4.86. The Labute approximate surface area is 53.9 Å². The zero-order valence-electron chi connectivity index (χ0n) is 5.76. The van der Waals surface area contributed by atoms with Gasteiger partial charge in [-0.3, -0.25) is 0 Å². The van der Waals surface area contributed by atoms with Crippen molar-refractivity contribution in [3.05, 3.63) is 30.6 Å². The fourth-order valence-electron chi connectivity index (χ4n) is 0.822. The van der Waals surface area contributed by atoms with E-state index in [4.69, 9.17) is 1.37 Å². The second kappa shape index (κ2) is 1.58. The van der Waals surface area contributed by atoms with Gasteiger partial charge in [0.05, 0.1) is 18.7 Å². The maximum atomic E-state index is 7.27. The summed E-state index contributed by atoms with van der Waals surface area (Å²) in [7, 11) is 0. The maximum absolute atomic E-state index is 7.27. The maximum Gasteiger partial charge on any atom is 0.0931 e. The fraction of sp³-hybridized carbons (Fsp3) is 0. The van der Waals surface area contributed by atoms with E-state index in [0.717, 1.165) is 11.0 Å². The van der Waals surface area contributed by atoms with Gasteiger partial charge in [0.25, 0.3) is 0 Å². The molecule has 0 radical (unpaired) electrons. The van der Waals surface area contributed by atoms with E-state index in [-0.39, 0.29) is 0 Å². The second-order valence-corrected chi connectivity index (χ2v) is 1.85. The summed E-state index contributed by atoms with van der Waals surface area (Å²) in [6.07, 6.45) is 1.63. The van der Waals surface area contributed by atoms with Gasteiger partial charge in [-0.1, -0.05) is 12.1 Å². The fourth-order valence-corrected chi connectivity index (χ4v) is 0.822. The van der Waals surface area contributed by atoms with Crippen molar-refractivity contribution in [3.63, 3.8) is 0 Å². The molecule has 2 rings (SSSR count). The Kier molecular flexibility index (Phi) is 0.646. The first kappa shape index (κ1) is 3.67. The lowest BCUT2D eigenvalue weighted by molar-refractivity contribution is 1.34. The lowest BCUT2D eigenvalue weighted by atomic mass is 10.3. The van der Waals surface area contributed by atoms with Gasteiger partial charge in [0.1, 0.15) is 0 Å². The van der Waals surface area contributed by atoms with Crippen molar-refractivity contribution in [1.29, 1.82) is 0 Å². The number of aromatic nitrogens is 2. The Hall–Kier alpha value is -1.31. The summed E-state index contributed by atoms with van der Waals surface area (Å²) in [6.45, 7) is 0. The Morgan fingerprint density at radius 1 is 1.56 bits per heavy atom. The predicted molar refractivity (Wildman–Crippen MR) is 36.1 cm³/mol. The molecular weight excluding hydrogens is 112 g/mol. The van der Waals surface area contributed by atoms with Crippen LogP contribution in [-0.2, 0) is 0 Å². The van der Waals surface area contributed by atoms with Crippen LogP contribution in [-0.4, -0.2) is 9.97 Å². The van der Waals surface area contributed by atoms with Crippen LogP contribution >= 0.6 is 0 Å². The zero-order chi connectivity index (χ0) is 6.97. The minimum atomic E-state index is 0.511. The van der Waals surface area contributed by atoms with Crippen molar-refractivity contribution < 1.29 is 1.37 Å². The Morgan fingerprint density at radius 3 is 3.56 bits per heavy atom. The number of fused-ring (bicyclic) bond motifs is 1. The molecule has 0 unspecified atom stereocenters. The molecule has 0 bridgehead atoms. The van der Waals surface area contributed by atoms with Gasteiger partial charge in [0.2, 0.25) is 0 Å². The Bertz CT molecular complexity index is 353. The quantitative estimate of drug-likeness (QED) is 0.560. The normalized spacial score (nSPS) is 11.8. The molecule has 0 fully saturated rings. The van der Waals surface area contributed by atoms with Crippen molar-refractivity contribution in [2.24, 2.45) is 0 Å². The van der Waals surface area contributed by atoms with Gasteiger partial charge in [0.15, 0.2) is 0 Å². The van der Waals surface area contributed by atoms with Gasteiger partial charge in [-0.15, -0.1) is 0 Å². The summed E-state index contributed by atoms with van der Waals surface area (Å²) >= 11 is 0. The van der Waals surface area contributed by atoms with E-state index in [1.807, 2.05) is 6.07 Å². The lowest BCUT2D eigenvalue weighted by Crippen LogP contribution is -1.63. The highest BCUT2D eigenvalue weighted by Gasteiger charge is 1.88. The van der Waals surface area contributed by atoms with Crippen molar-refractivity contribution >= 4 is 11.0 Å². The van der Waals surface area contributed by atoms with Crippen molar-refractivity contribution in [3.8, 4) is 0 Å². The first-order valence-corrected chi connectivity index (χ1v) is 2.76. The second-order valence-electron chi connectivity index (χ2n) is 1.85. The minimum absolute atomic E-state index is 0.511. The molecule has 44 valence electrons. The molecule has 0 saturated carbocycles. The molecule has 1 aromatic heterocycles. The zero-order valence-corrected chi connectivity index (χ0v) is 4.76. The van der Waals surface area contributed by atoms with E-state index in [2.05, 4.69) is 9.97 Å².